The van der Waals surface area contributed by atoms with E-state index in [9.17, 15) is 0 Å². The molecule has 1 saturated carbocycles. The maximum absolute atomic E-state index is 5.56. The van der Waals surface area contributed by atoms with Crippen molar-refractivity contribution in [1.29, 1.82) is 0 Å². The quantitative estimate of drug-likeness (QED) is 0.560. The highest BCUT2D eigenvalue weighted by molar-refractivity contribution is 5.58. The Morgan fingerprint density at radius 3 is 2.65 bits per heavy atom. The van der Waals surface area contributed by atoms with Crippen LogP contribution in [0.1, 0.15) is 37.7 Å². The smallest absolute Gasteiger partial charge is 0.0819 e. The molecule has 0 atom stereocenters. The summed E-state index contributed by atoms with van der Waals surface area (Å²) in [5.74, 6) is 0. The van der Waals surface area contributed by atoms with E-state index < -0.39 is 0 Å². The van der Waals surface area contributed by atoms with Crippen LogP contribution in [0.4, 0.5) is 0 Å². The van der Waals surface area contributed by atoms with Crippen LogP contribution in [0.2, 0.25) is 0 Å². The molecule has 0 radical (unpaired) electrons. The van der Waals surface area contributed by atoms with Gasteiger partial charge in [0.2, 0.25) is 0 Å². The molecule has 0 unspecified atom stereocenters. The lowest BCUT2D eigenvalue weighted by Crippen LogP contribution is -2.10. The molecule has 0 aliphatic heterocycles. The minimum Gasteiger partial charge on any atom is -0.371 e. The van der Waals surface area contributed by atoms with Gasteiger partial charge in [-0.2, -0.15) is 0 Å². The van der Waals surface area contributed by atoms with Crippen LogP contribution in [-0.4, -0.2) is 18.9 Å². The predicted octanol–water partition coefficient (Wildman–Crippen LogP) is 3.61. The van der Waals surface area contributed by atoms with Crippen molar-refractivity contribution in [1.82, 2.24) is 0 Å². The maximum Gasteiger partial charge on any atom is 0.0819 e. The Hall–Kier alpha value is -1.15. The van der Waals surface area contributed by atoms with Crippen molar-refractivity contribution in [2.24, 2.45) is 4.99 Å². The van der Waals surface area contributed by atoms with Gasteiger partial charge in [0.25, 0.3) is 0 Å². The molecule has 17 heavy (non-hydrogen) atoms. The van der Waals surface area contributed by atoms with E-state index in [1.165, 1.54) is 37.7 Å². The Labute approximate surface area is 104 Å². The van der Waals surface area contributed by atoms with Crippen LogP contribution < -0.4 is 0 Å². The molecule has 1 aromatic carbocycles. The number of hydrogen-bond donors (Lipinski definition) is 0. The highest BCUT2D eigenvalue weighted by Gasteiger charge is 2.10. The number of rotatable bonds is 5. The molecule has 2 rings (SSSR count). The molecule has 0 heterocycles. The second-order valence-electron chi connectivity index (χ2n) is 4.62. The molecule has 2 nitrogen and oxygen atoms in total. The van der Waals surface area contributed by atoms with E-state index in [4.69, 9.17) is 4.74 Å². The zero-order chi connectivity index (χ0) is 11.8. The van der Waals surface area contributed by atoms with Crippen LogP contribution in [0.25, 0.3) is 0 Å². The van der Waals surface area contributed by atoms with Crippen LogP contribution in [0, 0.1) is 0 Å². The van der Waals surface area contributed by atoms with Gasteiger partial charge in [0, 0.05) is 12.3 Å². The van der Waals surface area contributed by atoms with Crippen LogP contribution in [-0.2, 0) is 11.3 Å². The molecular formula is C15H21NO. The summed E-state index contributed by atoms with van der Waals surface area (Å²) in [6, 6.07) is 10.8. The predicted molar refractivity (Wildman–Crippen MR) is 71.5 cm³/mol. The molecule has 1 fully saturated rings. The molecule has 0 spiro atoms. The minimum atomic E-state index is 0.559. The third kappa shape index (κ3) is 4.70. The van der Waals surface area contributed by atoms with Gasteiger partial charge in [0.05, 0.1) is 13.2 Å². The lowest BCUT2D eigenvalue weighted by atomic mass is 9.96. The van der Waals surface area contributed by atoms with Gasteiger partial charge in [-0.05, 0) is 18.4 Å². The molecule has 1 aromatic rings. The lowest BCUT2D eigenvalue weighted by molar-refractivity contribution is 0.160. The van der Waals surface area contributed by atoms with Crippen molar-refractivity contribution < 1.29 is 4.74 Å². The van der Waals surface area contributed by atoms with E-state index in [0.29, 0.717) is 19.3 Å². The maximum atomic E-state index is 5.56. The van der Waals surface area contributed by atoms with Crippen molar-refractivity contribution in [2.75, 3.05) is 6.61 Å². The van der Waals surface area contributed by atoms with E-state index in [1.807, 2.05) is 24.4 Å². The molecule has 0 aromatic heterocycles. The summed E-state index contributed by atoms with van der Waals surface area (Å²) in [6.07, 6.45) is 8.53. The van der Waals surface area contributed by atoms with Gasteiger partial charge in [-0.15, -0.1) is 0 Å². The van der Waals surface area contributed by atoms with Crippen LogP contribution in [0.15, 0.2) is 35.3 Å². The van der Waals surface area contributed by atoms with Gasteiger partial charge in [-0.1, -0.05) is 49.6 Å². The Morgan fingerprint density at radius 1 is 1.12 bits per heavy atom. The van der Waals surface area contributed by atoms with Crippen molar-refractivity contribution in [3.05, 3.63) is 35.9 Å². The summed E-state index contributed by atoms with van der Waals surface area (Å²) >= 11 is 0. The van der Waals surface area contributed by atoms with E-state index >= 15 is 0 Å². The Bertz CT molecular complexity index is 328. The second kappa shape index (κ2) is 7.23. The van der Waals surface area contributed by atoms with E-state index in [-0.39, 0.29) is 0 Å². The topological polar surface area (TPSA) is 21.6 Å². The molecular weight excluding hydrogens is 210 g/mol. The van der Waals surface area contributed by atoms with Crippen molar-refractivity contribution in [3.8, 4) is 0 Å². The molecule has 0 saturated heterocycles. The van der Waals surface area contributed by atoms with Gasteiger partial charge in [-0.3, -0.25) is 4.99 Å². The highest BCUT2D eigenvalue weighted by atomic mass is 16.5. The first-order valence-electron chi connectivity index (χ1n) is 6.58. The lowest BCUT2D eigenvalue weighted by Gasteiger charge is -2.17. The van der Waals surface area contributed by atoms with Gasteiger partial charge < -0.3 is 4.74 Å². The number of aliphatic imine (C=N–C) groups is 1. The van der Waals surface area contributed by atoms with Gasteiger partial charge in [0.15, 0.2) is 0 Å². The molecule has 92 valence electrons. The van der Waals surface area contributed by atoms with Crippen molar-refractivity contribution in [3.63, 3.8) is 0 Å². The van der Waals surface area contributed by atoms with E-state index in [1.54, 1.807) is 0 Å². The zero-order valence-electron chi connectivity index (χ0n) is 10.3. The summed E-state index contributed by atoms with van der Waals surface area (Å²) in [5, 5.41) is 0. The van der Waals surface area contributed by atoms with Crippen LogP contribution in [0.5, 0.6) is 0 Å². The first-order valence-corrected chi connectivity index (χ1v) is 6.58. The van der Waals surface area contributed by atoms with Crippen molar-refractivity contribution >= 4 is 6.21 Å². The first kappa shape index (κ1) is 12.3. The average Bonchev–Trinajstić information content (AvgIpc) is 2.41. The Kier molecular flexibility index (Phi) is 5.24. The van der Waals surface area contributed by atoms with E-state index in [0.717, 1.165) is 0 Å². The molecule has 0 amide bonds. The highest BCUT2D eigenvalue weighted by Crippen LogP contribution is 2.19. The fraction of sp³-hybridized carbons (Fsp3) is 0.533. The molecule has 0 bridgehead atoms. The Morgan fingerprint density at radius 2 is 1.88 bits per heavy atom. The largest absolute Gasteiger partial charge is 0.371 e. The fourth-order valence-electron chi connectivity index (χ4n) is 2.23. The Balaban J connectivity index is 1.61. The standard InChI is InChI=1S/C15H21NO/c1-3-7-14(8-4-1)13-17-12-11-16-15-9-5-2-6-10-15/h1,3-4,7-8,11,15H,2,5-6,9-10,12-13H2. The third-order valence-corrected chi connectivity index (χ3v) is 3.19. The third-order valence-electron chi connectivity index (χ3n) is 3.19. The average molecular weight is 231 g/mol. The zero-order valence-corrected chi connectivity index (χ0v) is 10.3. The summed E-state index contributed by atoms with van der Waals surface area (Å²) in [4.78, 5) is 4.56. The number of hydrogen-bond acceptors (Lipinski definition) is 2. The molecule has 1 aliphatic carbocycles. The summed E-state index contributed by atoms with van der Waals surface area (Å²) in [6.45, 7) is 1.31. The van der Waals surface area contributed by atoms with Crippen molar-refractivity contribution in [2.45, 2.75) is 44.8 Å². The number of nitrogens with zero attached hydrogens (tertiary/aromatic N) is 1. The molecule has 2 heteroatoms. The molecule has 1 aliphatic rings. The minimum absolute atomic E-state index is 0.559. The van der Waals surface area contributed by atoms with Gasteiger partial charge in [0.1, 0.15) is 0 Å². The van der Waals surface area contributed by atoms with E-state index in [2.05, 4.69) is 17.1 Å². The summed E-state index contributed by atoms with van der Waals surface area (Å²) in [5.41, 5.74) is 1.22. The van der Waals surface area contributed by atoms with Gasteiger partial charge in [-0.25, -0.2) is 0 Å². The number of benzene rings is 1. The van der Waals surface area contributed by atoms with Crippen LogP contribution in [0.3, 0.4) is 0 Å². The van der Waals surface area contributed by atoms with Gasteiger partial charge >= 0.3 is 0 Å². The SMILES string of the molecule is C(COCc1ccccc1)=NC1CCCCC1. The normalized spacial score (nSPS) is 17.6. The van der Waals surface area contributed by atoms with Crippen LogP contribution >= 0.6 is 0 Å². The second-order valence-corrected chi connectivity index (χ2v) is 4.62. The number of ether oxygens (including phenoxy) is 1. The molecule has 0 N–H and O–H groups in total. The fourth-order valence-corrected chi connectivity index (χ4v) is 2.23. The summed E-state index contributed by atoms with van der Waals surface area (Å²) < 4.78 is 5.56. The summed E-state index contributed by atoms with van der Waals surface area (Å²) in [7, 11) is 0. The first-order chi connectivity index (χ1) is 8.45. The monoisotopic (exact) mass is 231 g/mol.